The summed E-state index contributed by atoms with van der Waals surface area (Å²) in [5.74, 6) is 0.294. The lowest BCUT2D eigenvalue weighted by atomic mass is 10.1. The molecule has 2 heterocycles. The van der Waals surface area contributed by atoms with Gasteiger partial charge in [0.15, 0.2) is 0 Å². The van der Waals surface area contributed by atoms with Crippen molar-refractivity contribution in [1.82, 2.24) is 0 Å². The first kappa shape index (κ1) is 4.61. The van der Waals surface area contributed by atoms with Crippen molar-refractivity contribution < 1.29 is 0 Å². The van der Waals surface area contributed by atoms with Crippen molar-refractivity contribution in [3.8, 4) is 0 Å². The lowest BCUT2D eigenvalue weighted by molar-refractivity contribution is 1.26. The van der Waals surface area contributed by atoms with Crippen LogP contribution in [0.2, 0.25) is 0 Å². The van der Waals surface area contributed by atoms with E-state index in [9.17, 15) is 0 Å². The summed E-state index contributed by atoms with van der Waals surface area (Å²) in [5, 5.41) is 7.59. The minimum Gasteiger partial charge on any atom is -0.263 e. The van der Waals surface area contributed by atoms with E-state index in [1.165, 1.54) is 0 Å². The van der Waals surface area contributed by atoms with E-state index in [4.69, 9.17) is 0 Å². The molecule has 0 N–H and O–H groups in total. The molecule has 1 unspecified atom stereocenters. The molecular weight excluding hydrogens is 114 g/mol. The zero-order valence-electron chi connectivity index (χ0n) is 4.73. The highest BCUT2D eigenvalue weighted by Crippen LogP contribution is 2.08. The van der Waals surface area contributed by atoms with Crippen LogP contribution >= 0.6 is 0 Å². The van der Waals surface area contributed by atoms with Gasteiger partial charge in [-0.05, 0) is 0 Å². The van der Waals surface area contributed by atoms with Crippen molar-refractivity contribution in [1.29, 1.82) is 0 Å². The highest BCUT2D eigenvalue weighted by molar-refractivity contribution is 6.37. The molecule has 3 heteroatoms. The Bertz CT molecular complexity index is 235. The summed E-state index contributed by atoms with van der Waals surface area (Å²) in [6.45, 7) is 0. The Morgan fingerprint density at radius 1 is 1.44 bits per heavy atom. The SMILES string of the molecule is C1=CC2C=NN=C2C=N1. The van der Waals surface area contributed by atoms with E-state index in [1.54, 1.807) is 18.6 Å². The second kappa shape index (κ2) is 1.62. The van der Waals surface area contributed by atoms with E-state index in [0.29, 0.717) is 5.92 Å². The third-order valence-electron chi connectivity index (χ3n) is 1.33. The number of nitrogens with zero attached hydrogens (tertiary/aromatic N) is 3. The molecule has 9 heavy (non-hydrogen) atoms. The Labute approximate surface area is 52.5 Å². The van der Waals surface area contributed by atoms with E-state index in [1.807, 2.05) is 6.08 Å². The third-order valence-corrected chi connectivity index (χ3v) is 1.33. The van der Waals surface area contributed by atoms with Crippen molar-refractivity contribution in [2.75, 3.05) is 0 Å². The average Bonchev–Trinajstić information content (AvgIpc) is 2.33. The van der Waals surface area contributed by atoms with Gasteiger partial charge < -0.3 is 0 Å². The standard InChI is InChI=1S/C6H5N3/c1-2-7-4-6-5(1)3-8-9-6/h1-5H. The average molecular weight is 119 g/mol. The topological polar surface area (TPSA) is 37.1 Å². The predicted molar refractivity (Wildman–Crippen MR) is 37.0 cm³/mol. The second-order valence-electron chi connectivity index (χ2n) is 1.93. The molecule has 0 bridgehead atoms. The number of hydrogen-bond donors (Lipinski definition) is 0. The molecule has 3 nitrogen and oxygen atoms in total. The van der Waals surface area contributed by atoms with Crippen molar-refractivity contribution in [2.45, 2.75) is 0 Å². The third kappa shape index (κ3) is 0.614. The first-order valence-electron chi connectivity index (χ1n) is 2.78. The first-order chi connectivity index (χ1) is 4.47. The van der Waals surface area contributed by atoms with Crippen molar-refractivity contribution in [3.05, 3.63) is 12.3 Å². The monoisotopic (exact) mass is 119 g/mol. The Hall–Kier alpha value is -1.25. The fraction of sp³-hybridized carbons (Fsp3) is 0.167. The summed E-state index contributed by atoms with van der Waals surface area (Å²) >= 11 is 0. The summed E-state index contributed by atoms with van der Waals surface area (Å²) in [6.07, 6.45) is 7.27. The van der Waals surface area contributed by atoms with Crippen molar-refractivity contribution in [3.63, 3.8) is 0 Å². The van der Waals surface area contributed by atoms with Gasteiger partial charge in [-0.15, -0.1) is 0 Å². The van der Waals surface area contributed by atoms with Gasteiger partial charge in [-0.3, -0.25) is 4.99 Å². The van der Waals surface area contributed by atoms with E-state index in [2.05, 4.69) is 15.2 Å². The highest BCUT2D eigenvalue weighted by atomic mass is 15.2. The molecule has 0 saturated carbocycles. The number of rotatable bonds is 0. The van der Waals surface area contributed by atoms with Crippen LogP contribution in [0.5, 0.6) is 0 Å². The van der Waals surface area contributed by atoms with Gasteiger partial charge in [-0.1, -0.05) is 6.08 Å². The summed E-state index contributed by atoms with van der Waals surface area (Å²) in [5.41, 5.74) is 0.942. The van der Waals surface area contributed by atoms with E-state index in [0.717, 1.165) is 5.71 Å². The first-order valence-corrected chi connectivity index (χ1v) is 2.78. The molecule has 0 fully saturated rings. The number of allylic oxidation sites excluding steroid dienone is 1. The zero-order valence-corrected chi connectivity index (χ0v) is 4.73. The van der Waals surface area contributed by atoms with E-state index >= 15 is 0 Å². The lowest BCUT2D eigenvalue weighted by Crippen LogP contribution is -2.12. The van der Waals surface area contributed by atoms with E-state index < -0.39 is 0 Å². The molecule has 0 aromatic rings. The molecular formula is C6H5N3. The summed E-state index contributed by atoms with van der Waals surface area (Å²) in [7, 11) is 0. The summed E-state index contributed by atoms with van der Waals surface area (Å²) < 4.78 is 0. The quantitative estimate of drug-likeness (QED) is 0.448. The Balaban J connectivity index is 2.40. The largest absolute Gasteiger partial charge is 0.263 e. The summed E-state index contributed by atoms with van der Waals surface area (Å²) in [4.78, 5) is 3.90. The smallest absolute Gasteiger partial charge is 0.0936 e. The van der Waals surface area contributed by atoms with Gasteiger partial charge in [0.1, 0.15) is 0 Å². The van der Waals surface area contributed by atoms with Crippen LogP contribution in [0, 0.1) is 5.92 Å². The van der Waals surface area contributed by atoms with Gasteiger partial charge in [0.05, 0.1) is 17.8 Å². The van der Waals surface area contributed by atoms with Gasteiger partial charge in [0, 0.05) is 12.4 Å². The van der Waals surface area contributed by atoms with Gasteiger partial charge >= 0.3 is 0 Å². The molecule has 2 rings (SSSR count). The predicted octanol–water partition coefficient (Wildman–Crippen LogP) is 0.641. The molecule has 0 spiro atoms. The minimum atomic E-state index is 0.294. The molecule has 0 radical (unpaired) electrons. The lowest BCUT2D eigenvalue weighted by Gasteiger charge is -2.00. The maximum atomic E-state index is 3.90. The van der Waals surface area contributed by atoms with Crippen LogP contribution in [0.15, 0.2) is 27.5 Å². The van der Waals surface area contributed by atoms with Crippen molar-refractivity contribution >= 4 is 18.1 Å². The molecule has 1 atom stereocenters. The van der Waals surface area contributed by atoms with Crippen LogP contribution in [-0.4, -0.2) is 18.1 Å². The molecule has 44 valence electrons. The van der Waals surface area contributed by atoms with Crippen LogP contribution in [0.1, 0.15) is 0 Å². The molecule has 0 saturated heterocycles. The number of fused-ring (bicyclic) bond motifs is 1. The fourth-order valence-electron chi connectivity index (χ4n) is 0.837. The highest BCUT2D eigenvalue weighted by Gasteiger charge is 2.14. The molecule has 2 aliphatic heterocycles. The van der Waals surface area contributed by atoms with Crippen molar-refractivity contribution in [2.24, 2.45) is 21.1 Å². The Morgan fingerprint density at radius 2 is 2.44 bits per heavy atom. The van der Waals surface area contributed by atoms with Gasteiger partial charge in [0.25, 0.3) is 0 Å². The number of aliphatic imine (C=N–C) groups is 1. The fourth-order valence-corrected chi connectivity index (χ4v) is 0.837. The zero-order chi connectivity index (χ0) is 6.10. The van der Waals surface area contributed by atoms with Crippen LogP contribution in [0.25, 0.3) is 0 Å². The number of hydrogen-bond acceptors (Lipinski definition) is 3. The Kier molecular flexibility index (Phi) is 0.828. The van der Waals surface area contributed by atoms with Crippen LogP contribution in [0.4, 0.5) is 0 Å². The summed E-state index contributed by atoms with van der Waals surface area (Å²) in [6, 6.07) is 0. The van der Waals surface area contributed by atoms with Gasteiger partial charge in [-0.2, -0.15) is 10.2 Å². The molecule has 0 amide bonds. The van der Waals surface area contributed by atoms with Crippen LogP contribution in [-0.2, 0) is 0 Å². The van der Waals surface area contributed by atoms with Gasteiger partial charge in [-0.25, -0.2) is 0 Å². The maximum Gasteiger partial charge on any atom is 0.0936 e. The van der Waals surface area contributed by atoms with Gasteiger partial charge in [0.2, 0.25) is 0 Å². The van der Waals surface area contributed by atoms with Crippen LogP contribution in [0.3, 0.4) is 0 Å². The molecule has 0 aliphatic carbocycles. The van der Waals surface area contributed by atoms with E-state index in [-0.39, 0.29) is 0 Å². The molecule has 2 aliphatic rings. The van der Waals surface area contributed by atoms with Crippen LogP contribution < -0.4 is 0 Å². The molecule has 0 aromatic heterocycles. The molecule has 0 aromatic carbocycles. The maximum absolute atomic E-state index is 3.90. The normalized spacial score (nSPS) is 28.4. The minimum absolute atomic E-state index is 0.294. The second-order valence-corrected chi connectivity index (χ2v) is 1.93. The Morgan fingerprint density at radius 3 is 3.33 bits per heavy atom.